The van der Waals surface area contributed by atoms with Gasteiger partial charge in [0, 0.05) is 27.5 Å². The van der Waals surface area contributed by atoms with Crippen LogP contribution in [0.25, 0.3) is 0 Å². The predicted octanol–water partition coefficient (Wildman–Crippen LogP) is 3.16. The van der Waals surface area contributed by atoms with Gasteiger partial charge in [0.15, 0.2) is 0 Å². The zero-order chi connectivity index (χ0) is 28.3. The van der Waals surface area contributed by atoms with E-state index in [0.717, 1.165) is 4.68 Å². The van der Waals surface area contributed by atoms with Crippen LogP contribution < -0.4 is 4.68 Å². The molecule has 0 aliphatic rings. The highest BCUT2D eigenvalue weighted by molar-refractivity contribution is 5.96. The fraction of sp³-hybridized carbons (Fsp3) is 0.0435. The van der Waals surface area contributed by atoms with E-state index in [4.69, 9.17) is 0 Å². The molecule has 0 radical (unpaired) electrons. The van der Waals surface area contributed by atoms with Gasteiger partial charge in [-0.2, -0.15) is 4.68 Å². The largest absolute Gasteiger partial charge is 0.290 e. The van der Waals surface area contributed by atoms with Gasteiger partial charge in [0.2, 0.25) is 29.8 Å². The zero-order valence-corrected chi connectivity index (χ0v) is 19.5. The Morgan fingerprint density at radius 2 is 1.36 bits per heavy atom. The summed E-state index contributed by atoms with van der Waals surface area (Å²) < 4.78 is 2.38. The topological polar surface area (TPSA) is 211 Å². The highest BCUT2D eigenvalue weighted by Crippen LogP contribution is 2.39. The van der Waals surface area contributed by atoms with Crippen molar-refractivity contribution in [2.75, 3.05) is 0 Å². The van der Waals surface area contributed by atoms with Crippen LogP contribution in [-0.2, 0) is 6.54 Å². The molecule has 0 aliphatic carbocycles. The molecule has 3 aromatic carbocycles. The summed E-state index contributed by atoms with van der Waals surface area (Å²) in [6.07, 6.45) is 2.47. The van der Waals surface area contributed by atoms with Crippen LogP contribution in [0.3, 0.4) is 0 Å². The first kappa shape index (κ1) is 26.0. The molecule has 0 unspecified atom stereocenters. The van der Waals surface area contributed by atoms with Gasteiger partial charge in [-0.15, -0.1) is 12.1 Å². The Balaban J connectivity index is 1.81. The number of hydrogen-bond donors (Lipinski definition) is 0. The highest BCUT2D eigenvalue weighted by atomic mass is 16.6. The number of aromatic nitrogens is 3. The minimum Gasteiger partial charge on any atom is -0.290 e. The van der Waals surface area contributed by atoms with Gasteiger partial charge in [-0.3, -0.25) is 45.3 Å². The number of nitro groups is 4. The molecule has 0 saturated heterocycles. The molecule has 196 valence electrons. The minimum atomic E-state index is -0.975. The first-order chi connectivity index (χ1) is 18.6. The summed E-state index contributed by atoms with van der Waals surface area (Å²) in [6.45, 7) is -0.287. The van der Waals surface area contributed by atoms with Crippen molar-refractivity contribution in [1.82, 2.24) is 9.67 Å². The number of nitro benzene ring substituents is 4. The standard InChI is InChI=1S/C23H15N7O9/c31-21(15-6-8-17(9-7-15)27(32)33)12-25-13-24-26(14-25)23(16-4-2-1-3-5-16)22-19(29(36)37)10-18(28(34)35)11-20(22)30(38)39/h1-11,13-14H,12H2. The van der Waals surface area contributed by atoms with Crippen LogP contribution >= 0.6 is 0 Å². The van der Waals surface area contributed by atoms with E-state index in [2.05, 4.69) is 5.10 Å². The van der Waals surface area contributed by atoms with E-state index in [-0.39, 0.29) is 29.4 Å². The van der Waals surface area contributed by atoms with Gasteiger partial charge in [-0.05, 0) is 12.1 Å². The highest BCUT2D eigenvalue weighted by Gasteiger charge is 2.35. The maximum atomic E-state index is 12.7. The lowest BCUT2D eigenvalue weighted by Gasteiger charge is -2.19. The molecule has 0 saturated carbocycles. The van der Waals surface area contributed by atoms with Gasteiger partial charge in [-0.25, -0.2) is 4.57 Å². The number of ketones is 1. The fourth-order valence-corrected chi connectivity index (χ4v) is 3.77. The number of carbonyl (C=O) groups excluding carboxylic acids is 1. The van der Waals surface area contributed by atoms with Crippen molar-refractivity contribution in [2.45, 2.75) is 6.54 Å². The number of carbonyl (C=O) groups is 1. The molecule has 0 amide bonds. The normalized spacial score (nSPS) is 10.6. The molecule has 16 nitrogen and oxygen atoms in total. The first-order valence-electron chi connectivity index (χ1n) is 10.8. The van der Waals surface area contributed by atoms with Gasteiger partial charge in [0.1, 0.15) is 12.6 Å². The predicted molar refractivity (Wildman–Crippen MR) is 130 cm³/mol. The fourth-order valence-electron chi connectivity index (χ4n) is 3.77. The van der Waals surface area contributed by atoms with Crippen molar-refractivity contribution in [1.29, 1.82) is 0 Å². The summed E-state index contributed by atoms with van der Waals surface area (Å²) in [5, 5.41) is 50.2. The zero-order valence-electron chi connectivity index (χ0n) is 19.5. The van der Waals surface area contributed by atoms with E-state index < -0.39 is 48.1 Å². The molecule has 0 atom stereocenters. The third-order valence-corrected chi connectivity index (χ3v) is 5.51. The van der Waals surface area contributed by atoms with E-state index in [1.807, 2.05) is 0 Å². The molecule has 1 heterocycles. The maximum absolute atomic E-state index is 12.7. The number of hydrogen-bond acceptors (Lipinski definition) is 10. The SMILES string of the molecule is O=C(Cn1cn[n+]([C-](c2ccccc2)c2c([N+](=O)[O-])cc([N+](=O)[O-])cc2[N+](=O)[O-])c1)c1ccc([N+](=O)[O-])cc1. The quantitative estimate of drug-likeness (QED) is 0.0954. The van der Waals surface area contributed by atoms with Crippen molar-refractivity contribution in [3.05, 3.63) is 143 Å². The molecule has 0 bridgehead atoms. The third kappa shape index (κ3) is 5.38. The Bertz CT molecular complexity index is 1580. The second kappa shape index (κ2) is 10.5. The van der Waals surface area contributed by atoms with E-state index >= 15 is 0 Å². The summed E-state index contributed by atoms with van der Waals surface area (Å²) in [6, 6.07) is 13.9. The molecule has 4 aromatic rings. The number of non-ortho nitro benzene ring substituents is 2. The lowest BCUT2D eigenvalue weighted by atomic mass is 9.95. The summed E-state index contributed by atoms with van der Waals surface area (Å²) >= 11 is 0. The number of rotatable bonds is 10. The van der Waals surface area contributed by atoms with E-state index in [0.29, 0.717) is 12.1 Å². The number of nitrogens with zero attached hydrogens (tertiary/aromatic N) is 7. The molecule has 0 aliphatic heterocycles. The van der Waals surface area contributed by atoms with Crippen molar-refractivity contribution in [2.24, 2.45) is 0 Å². The van der Waals surface area contributed by atoms with Crippen LogP contribution in [0.2, 0.25) is 0 Å². The van der Waals surface area contributed by atoms with Crippen molar-refractivity contribution in [3.8, 4) is 0 Å². The second-order valence-electron chi connectivity index (χ2n) is 7.94. The van der Waals surface area contributed by atoms with Crippen LogP contribution in [0.15, 0.2) is 79.4 Å². The van der Waals surface area contributed by atoms with Gasteiger partial charge in [-0.1, -0.05) is 28.9 Å². The minimum absolute atomic E-state index is 0.134. The number of benzene rings is 3. The smallest absolute Gasteiger partial charge is 0.270 e. The van der Waals surface area contributed by atoms with Crippen LogP contribution in [-0.4, -0.2) is 35.1 Å². The lowest BCUT2D eigenvalue weighted by Crippen LogP contribution is -2.43. The second-order valence-corrected chi connectivity index (χ2v) is 7.94. The number of Topliss-reactive ketones (excluding diaryl/α,β-unsaturated/α-hetero) is 1. The maximum Gasteiger partial charge on any atom is 0.270 e. The van der Waals surface area contributed by atoms with Gasteiger partial charge >= 0.3 is 0 Å². The summed E-state index contributed by atoms with van der Waals surface area (Å²) in [4.78, 5) is 55.2. The molecule has 4 rings (SSSR count). The Hall–Kier alpha value is -6.06. The molecular weight excluding hydrogens is 518 g/mol. The summed E-state index contributed by atoms with van der Waals surface area (Å²) in [5.41, 5.74) is -2.91. The Labute approximate surface area is 217 Å². The molecule has 0 N–H and O–H groups in total. The average Bonchev–Trinajstić information content (AvgIpc) is 3.36. The Morgan fingerprint density at radius 3 is 1.87 bits per heavy atom. The third-order valence-electron chi connectivity index (χ3n) is 5.51. The van der Waals surface area contributed by atoms with Crippen LogP contribution in [0.1, 0.15) is 21.5 Å². The molecule has 39 heavy (non-hydrogen) atoms. The van der Waals surface area contributed by atoms with Crippen molar-refractivity contribution >= 4 is 28.5 Å². The van der Waals surface area contributed by atoms with Crippen molar-refractivity contribution in [3.63, 3.8) is 0 Å². The van der Waals surface area contributed by atoms with Gasteiger partial charge in [0.25, 0.3) is 11.4 Å². The Kier molecular flexibility index (Phi) is 7.01. The van der Waals surface area contributed by atoms with E-state index in [1.165, 1.54) is 53.6 Å². The summed E-state index contributed by atoms with van der Waals surface area (Å²) in [5.74, 6) is -0.442. The molecule has 1 aromatic heterocycles. The molecule has 0 fully saturated rings. The molecule has 16 heteroatoms. The average molecular weight is 533 g/mol. The van der Waals surface area contributed by atoms with E-state index in [1.54, 1.807) is 18.2 Å². The monoisotopic (exact) mass is 533 g/mol. The van der Waals surface area contributed by atoms with Crippen molar-refractivity contribution < 1.29 is 29.2 Å². The molecular formula is C23H15N7O9. The lowest BCUT2D eigenvalue weighted by molar-refractivity contribution is -0.705. The van der Waals surface area contributed by atoms with E-state index in [9.17, 15) is 45.3 Å². The first-order valence-corrected chi connectivity index (χ1v) is 10.8. The van der Waals surface area contributed by atoms with Crippen LogP contribution in [0, 0.1) is 46.5 Å². The summed E-state index contributed by atoms with van der Waals surface area (Å²) in [7, 11) is 0. The van der Waals surface area contributed by atoms with Crippen LogP contribution in [0.5, 0.6) is 0 Å². The van der Waals surface area contributed by atoms with Gasteiger partial charge < -0.3 is 0 Å². The van der Waals surface area contributed by atoms with Crippen LogP contribution in [0.4, 0.5) is 22.7 Å². The molecule has 0 spiro atoms. The van der Waals surface area contributed by atoms with Gasteiger partial charge in [0.05, 0.1) is 27.5 Å². The Morgan fingerprint density at radius 1 is 0.795 bits per heavy atom.